The van der Waals surface area contributed by atoms with Gasteiger partial charge in [-0.3, -0.25) is 4.79 Å². The fourth-order valence-corrected chi connectivity index (χ4v) is 2.39. The molecule has 16 heavy (non-hydrogen) atoms. The summed E-state index contributed by atoms with van der Waals surface area (Å²) < 4.78 is 1.10. The van der Waals surface area contributed by atoms with Crippen LogP contribution in [0, 0.1) is 9.49 Å². The van der Waals surface area contributed by atoms with Crippen LogP contribution in [0.5, 0.6) is 0 Å². The maximum Gasteiger partial charge on any atom is 0.251 e. The SMILES string of the molecule is CC(CC1CC1)NC(=O)c1cccc(I)c1. The van der Waals surface area contributed by atoms with Crippen LogP contribution in [-0.4, -0.2) is 11.9 Å². The molecular weight excluding hydrogens is 313 g/mol. The van der Waals surface area contributed by atoms with Gasteiger partial charge in [-0.05, 0) is 60.1 Å². The summed E-state index contributed by atoms with van der Waals surface area (Å²) in [6, 6.07) is 7.98. The maximum absolute atomic E-state index is 11.9. The molecule has 1 aromatic rings. The van der Waals surface area contributed by atoms with Gasteiger partial charge in [0.1, 0.15) is 0 Å². The van der Waals surface area contributed by atoms with Crippen molar-refractivity contribution in [3.05, 3.63) is 33.4 Å². The van der Waals surface area contributed by atoms with Crippen LogP contribution in [0.3, 0.4) is 0 Å². The standard InChI is InChI=1S/C13H16INO/c1-9(7-10-5-6-10)15-13(16)11-3-2-4-12(14)8-11/h2-4,8-10H,5-7H2,1H3,(H,15,16). The minimum absolute atomic E-state index is 0.0478. The Morgan fingerprint density at radius 2 is 2.31 bits per heavy atom. The smallest absolute Gasteiger partial charge is 0.251 e. The summed E-state index contributed by atoms with van der Waals surface area (Å²) in [5, 5.41) is 3.05. The normalized spacial score (nSPS) is 16.9. The van der Waals surface area contributed by atoms with Crippen molar-refractivity contribution in [1.82, 2.24) is 5.32 Å². The minimum atomic E-state index is 0.0478. The van der Waals surface area contributed by atoms with E-state index in [0.29, 0.717) is 0 Å². The van der Waals surface area contributed by atoms with Gasteiger partial charge in [-0.1, -0.05) is 18.9 Å². The second kappa shape index (κ2) is 5.17. The Labute approximate surface area is 110 Å². The van der Waals surface area contributed by atoms with Gasteiger partial charge in [-0.2, -0.15) is 0 Å². The number of nitrogens with one attached hydrogen (secondary N) is 1. The number of hydrogen-bond acceptors (Lipinski definition) is 1. The molecule has 1 amide bonds. The molecule has 0 aromatic heterocycles. The number of rotatable bonds is 4. The van der Waals surface area contributed by atoms with Crippen molar-refractivity contribution in [2.24, 2.45) is 5.92 Å². The van der Waals surface area contributed by atoms with Gasteiger partial charge in [0.25, 0.3) is 5.91 Å². The molecule has 0 aliphatic heterocycles. The zero-order chi connectivity index (χ0) is 11.5. The summed E-state index contributed by atoms with van der Waals surface area (Å²) in [7, 11) is 0. The first kappa shape index (κ1) is 11.9. The Morgan fingerprint density at radius 3 is 2.94 bits per heavy atom. The molecule has 1 fully saturated rings. The van der Waals surface area contributed by atoms with Gasteiger partial charge < -0.3 is 5.32 Å². The van der Waals surface area contributed by atoms with Crippen LogP contribution in [0.15, 0.2) is 24.3 Å². The lowest BCUT2D eigenvalue weighted by Gasteiger charge is -2.13. The first-order valence-corrected chi connectivity index (χ1v) is 6.79. The summed E-state index contributed by atoms with van der Waals surface area (Å²) in [6.07, 6.45) is 3.79. The Morgan fingerprint density at radius 1 is 1.56 bits per heavy atom. The molecule has 1 unspecified atom stereocenters. The topological polar surface area (TPSA) is 29.1 Å². The molecule has 0 radical (unpaired) electrons. The maximum atomic E-state index is 11.9. The van der Waals surface area contributed by atoms with E-state index in [2.05, 4.69) is 34.8 Å². The average molecular weight is 329 g/mol. The first-order valence-electron chi connectivity index (χ1n) is 5.71. The van der Waals surface area contributed by atoms with Gasteiger partial charge in [0.05, 0.1) is 0 Å². The number of amides is 1. The molecule has 1 atom stereocenters. The highest BCUT2D eigenvalue weighted by Crippen LogP contribution is 2.33. The summed E-state index contributed by atoms with van der Waals surface area (Å²) in [5.74, 6) is 0.901. The van der Waals surface area contributed by atoms with Crippen LogP contribution >= 0.6 is 22.6 Å². The van der Waals surface area contributed by atoms with Crippen LogP contribution in [0.25, 0.3) is 0 Å². The Balaban J connectivity index is 1.91. The van der Waals surface area contributed by atoms with E-state index < -0.39 is 0 Å². The highest BCUT2D eigenvalue weighted by molar-refractivity contribution is 14.1. The molecule has 0 saturated heterocycles. The average Bonchev–Trinajstić information content (AvgIpc) is 3.01. The quantitative estimate of drug-likeness (QED) is 0.845. The monoisotopic (exact) mass is 329 g/mol. The van der Waals surface area contributed by atoms with Gasteiger partial charge in [0, 0.05) is 15.2 Å². The second-order valence-corrected chi connectivity index (χ2v) is 5.81. The van der Waals surface area contributed by atoms with Crippen LogP contribution < -0.4 is 5.32 Å². The zero-order valence-corrected chi connectivity index (χ0v) is 11.5. The second-order valence-electron chi connectivity index (χ2n) is 4.56. The number of halogens is 1. The third-order valence-corrected chi connectivity index (χ3v) is 3.52. The van der Waals surface area contributed by atoms with Gasteiger partial charge in [0.2, 0.25) is 0 Å². The lowest BCUT2D eigenvalue weighted by atomic mass is 10.1. The summed E-state index contributed by atoms with van der Waals surface area (Å²) >= 11 is 2.22. The molecule has 86 valence electrons. The van der Waals surface area contributed by atoms with Crippen LogP contribution in [0.2, 0.25) is 0 Å². The molecule has 0 bridgehead atoms. The van der Waals surface area contributed by atoms with Crippen molar-refractivity contribution in [3.8, 4) is 0 Å². The van der Waals surface area contributed by atoms with E-state index in [1.807, 2.05) is 24.3 Å². The highest BCUT2D eigenvalue weighted by atomic mass is 127. The van der Waals surface area contributed by atoms with Crippen molar-refractivity contribution < 1.29 is 4.79 Å². The minimum Gasteiger partial charge on any atom is -0.350 e. The summed E-state index contributed by atoms with van der Waals surface area (Å²) in [4.78, 5) is 11.9. The molecule has 1 saturated carbocycles. The fraction of sp³-hybridized carbons (Fsp3) is 0.462. The fourth-order valence-electron chi connectivity index (χ4n) is 1.85. The summed E-state index contributed by atoms with van der Waals surface area (Å²) in [6.45, 7) is 2.09. The molecule has 0 heterocycles. The molecule has 1 N–H and O–H groups in total. The predicted octanol–water partition coefficient (Wildman–Crippen LogP) is 3.21. The Kier molecular flexibility index (Phi) is 3.84. The molecule has 1 aliphatic carbocycles. The number of hydrogen-bond donors (Lipinski definition) is 1. The Bertz CT molecular complexity index is 387. The van der Waals surface area contributed by atoms with E-state index in [4.69, 9.17) is 0 Å². The van der Waals surface area contributed by atoms with E-state index in [9.17, 15) is 4.79 Å². The molecule has 2 rings (SSSR count). The van der Waals surface area contributed by atoms with E-state index in [1.54, 1.807) is 0 Å². The Hall–Kier alpha value is -0.580. The third kappa shape index (κ3) is 3.47. The highest BCUT2D eigenvalue weighted by Gasteiger charge is 2.24. The third-order valence-electron chi connectivity index (χ3n) is 2.85. The molecule has 3 heteroatoms. The van der Waals surface area contributed by atoms with Crippen LogP contribution in [-0.2, 0) is 0 Å². The van der Waals surface area contributed by atoms with Gasteiger partial charge in [-0.25, -0.2) is 0 Å². The number of carbonyl (C=O) groups excluding carboxylic acids is 1. The predicted molar refractivity (Wildman–Crippen MR) is 73.4 cm³/mol. The van der Waals surface area contributed by atoms with Gasteiger partial charge in [-0.15, -0.1) is 0 Å². The van der Waals surface area contributed by atoms with E-state index >= 15 is 0 Å². The molecular formula is C13H16INO. The van der Waals surface area contributed by atoms with E-state index in [1.165, 1.54) is 12.8 Å². The van der Waals surface area contributed by atoms with Gasteiger partial charge in [0.15, 0.2) is 0 Å². The van der Waals surface area contributed by atoms with Crippen molar-refractivity contribution >= 4 is 28.5 Å². The molecule has 0 spiro atoms. The number of benzene rings is 1. The summed E-state index contributed by atoms with van der Waals surface area (Å²) in [5.41, 5.74) is 0.759. The lowest BCUT2D eigenvalue weighted by Crippen LogP contribution is -2.32. The van der Waals surface area contributed by atoms with E-state index in [-0.39, 0.29) is 11.9 Å². The van der Waals surface area contributed by atoms with Crippen molar-refractivity contribution in [1.29, 1.82) is 0 Å². The largest absolute Gasteiger partial charge is 0.350 e. The molecule has 1 aromatic carbocycles. The molecule has 2 nitrogen and oxygen atoms in total. The molecule has 1 aliphatic rings. The van der Waals surface area contributed by atoms with Gasteiger partial charge >= 0.3 is 0 Å². The number of carbonyl (C=O) groups is 1. The van der Waals surface area contributed by atoms with Crippen LogP contribution in [0.1, 0.15) is 36.5 Å². The van der Waals surface area contributed by atoms with Crippen molar-refractivity contribution in [2.45, 2.75) is 32.2 Å². The first-order chi connectivity index (χ1) is 7.65. The van der Waals surface area contributed by atoms with E-state index in [0.717, 1.165) is 21.5 Å². The lowest BCUT2D eigenvalue weighted by molar-refractivity contribution is 0.0937. The zero-order valence-electron chi connectivity index (χ0n) is 9.37. The van der Waals surface area contributed by atoms with Crippen LogP contribution in [0.4, 0.5) is 0 Å². The van der Waals surface area contributed by atoms with Crippen molar-refractivity contribution in [3.63, 3.8) is 0 Å². The van der Waals surface area contributed by atoms with Crippen molar-refractivity contribution in [2.75, 3.05) is 0 Å².